The molecule has 0 N–H and O–H groups in total. The Balaban J connectivity index is -0.0000000450. The van der Waals surface area contributed by atoms with Crippen LogP contribution in [-0.2, 0) is 9.23 Å². The van der Waals surface area contributed by atoms with Crippen LogP contribution in [0.3, 0.4) is 0 Å². The van der Waals surface area contributed by atoms with Gasteiger partial charge in [-0.1, -0.05) is 7.43 Å². The van der Waals surface area contributed by atoms with Crippen LogP contribution in [0, 0.1) is 0 Å². The molecule has 0 aliphatic rings. The van der Waals surface area contributed by atoms with Crippen molar-refractivity contribution >= 4 is 49.5 Å². The first-order valence-corrected chi connectivity index (χ1v) is 3.28. The summed E-state index contributed by atoms with van der Waals surface area (Å²) in [6, 6.07) is 0. The minimum Gasteiger partial charge on any atom is -0.225 e. The van der Waals surface area contributed by atoms with Gasteiger partial charge in [0.05, 0.1) is 0 Å². The fraction of sp³-hybridized carbons (Fsp3) is 1.00. The van der Waals surface area contributed by atoms with Crippen LogP contribution >= 0.6 is 21.4 Å². The quantitative estimate of drug-likeness (QED) is 0.368. The molecular weight excluding hydrogens is 138 g/mol. The van der Waals surface area contributed by atoms with Crippen molar-refractivity contribution in [3.8, 4) is 0 Å². The number of hydrogen-bond acceptors (Lipinski definition) is 1. The molecule has 0 atom stereocenters. The van der Waals surface area contributed by atoms with E-state index in [-0.39, 0.29) is 26.3 Å². The summed E-state index contributed by atoms with van der Waals surface area (Å²) in [5.41, 5.74) is 0. The van der Waals surface area contributed by atoms with Crippen LogP contribution in [0.1, 0.15) is 7.43 Å². The molecule has 0 heterocycles. The summed E-state index contributed by atoms with van der Waals surface area (Å²) in [4.78, 5) is 0. The number of halogens is 2. The van der Waals surface area contributed by atoms with Gasteiger partial charge in [-0.25, -0.2) is 4.21 Å². The van der Waals surface area contributed by atoms with E-state index in [4.69, 9.17) is 4.21 Å². The molecule has 0 amide bonds. The molecule has 35 valence electrons. The molecule has 0 aromatic carbocycles. The summed E-state index contributed by atoms with van der Waals surface area (Å²) >= 11 is 0. The van der Waals surface area contributed by atoms with Gasteiger partial charge in [0.15, 0.2) is 0 Å². The maximum atomic E-state index is 9.09. The van der Waals surface area contributed by atoms with E-state index in [1.165, 1.54) is 0 Å². The van der Waals surface area contributed by atoms with Crippen LogP contribution in [0.4, 0.5) is 0 Å². The third kappa shape index (κ3) is 56.6. The van der Waals surface area contributed by atoms with Crippen molar-refractivity contribution in [2.45, 2.75) is 7.43 Å². The van der Waals surface area contributed by atoms with Gasteiger partial charge < -0.3 is 0 Å². The summed E-state index contributed by atoms with van der Waals surface area (Å²) in [5.74, 6) is 0. The molecule has 0 saturated heterocycles. The zero-order valence-corrected chi connectivity index (χ0v) is 4.90. The molecule has 0 bridgehead atoms. The van der Waals surface area contributed by atoms with E-state index in [0.717, 1.165) is 0 Å². The average molecular weight is 142 g/mol. The summed E-state index contributed by atoms with van der Waals surface area (Å²) < 4.78 is 9.09. The standard InChI is InChI=1S/CH4.Cl2OS.Li/c;1-4(2)3;/h1H4;;. The largest absolute Gasteiger partial charge is 0.225 e. The molecule has 0 aromatic heterocycles. The smallest absolute Gasteiger partial charge is 0.211 e. The topological polar surface area (TPSA) is 17.1 Å². The van der Waals surface area contributed by atoms with E-state index in [1.807, 2.05) is 0 Å². The van der Waals surface area contributed by atoms with Crippen molar-refractivity contribution in [3.63, 3.8) is 0 Å². The Labute approximate surface area is 61.0 Å². The van der Waals surface area contributed by atoms with Crippen LogP contribution in [-0.4, -0.2) is 23.1 Å². The fourth-order valence-electron chi connectivity index (χ4n) is 0. The fourth-order valence-corrected chi connectivity index (χ4v) is 0. The zero-order valence-electron chi connectivity index (χ0n) is 2.57. The second-order valence-corrected chi connectivity index (χ2v) is 2.71. The first-order chi connectivity index (χ1) is 1.73. The molecule has 0 aliphatic carbocycles. The molecule has 1 radical (unpaired) electrons. The molecule has 0 fully saturated rings. The van der Waals surface area contributed by atoms with Crippen LogP contribution in [0.5, 0.6) is 0 Å². The van der Waals surface area contributed by atoms with E-state index in [0.29, 0.717) is 0 Å². The average Bonchev–Trinajstić information content (AvgIpc) is 0.811. The summed E-state index contributed by atoms with van der Waals surface area (Å²) in [5, 5.41) is 0. The second kappa shape index (κ2) is 9.59. The molecule has 0 unspecified atom stereocenters. The molecule has 0 saturated carbocycles. The van der Waals surface area contributed by atoms with Crippen molar-refractivity contribution in [2.75, 3.05) is 0 Å². The van der Waals surface area contributed by atoms with Gasteiger partial charge in [0.1, 0.15) is 0 Å². The molecule has 0 rings (SSSR count). The predicted octanol–water partition coefficient (Wildman–Crippen LogP) is 1.30. The van der Waals surface area contributed by atoms with E-state index >= 15 is 0 Å². The van der Waals surface area contributed by atoms with Crippen molar-refractivity contribution < 1.29 is 4.21 Å². The van der Waals surface area contributed by atoms with Gasteiger partial charge >= 0.3 is 0 Å². The first-order valence-electron chi connectivity index (χ1n) is 0.475. The van der Waals surface area contributed by atoms with Crippen LogP contribution in [0.15, 0.2) is 0 Å². The summed E-state index contributed by atoms with van der Waals surface area (Å²) in [6.07, 6.45) is 0. The Bertz CT molecular complexity index is 36.5. The summed E-state index contributed by atoms with van der Waals surface area (Å²) in [6.45, 7) is 0. The number of rotatable bonds is 0. The van der Waals surface area contributed by atoms with Crippen LogP contribution in [0.2, 0.25) is 0 Å². The van der Waals surface area contributed by atoms with Crippen molar-refractivity contribution in [2.24, 2.45) is 0 Å². The SMILES string of the molecule is C.O=S(Cl)Cl.[Li]. The van der Waals surface area contributed by atoms with E-state index in [1.54, 1.807) is 0 Å². The van der Waals surface area contributed by atoms with Gasteiger partial charge in [0.2, 0.25) is 9.23 Å². The molecule has 5 heteroatoms. The van der Waals surface area contributed by atoms with Crippen molar-refractivity contribution in [3.05, 3.63) is 0 Å². The normalized spacial score (nSPS) is 5.83. The van der Waals surface area contributed by atoms with Gasteiger partial charge in [0.25, 0.3) is 0 Å². The molecule has 0 aromatic rings. The molecule has 0 aliphatic heterocycles. The monoisotopic (exact) mass is 141 g/mol. The van der Waals surface area contributed by atoms with Crippen molar-refractivity contribution in [1.82, 2.24) is 0 Å². The molecule has 1 nitrogen and oxygen atoms in total. The van der Waals surface area contributed by atoms with E-state index < -0.39 is 9.23 Å². The Morgan fingerprint density at radius 3 is 1.33 bits per heavy atom. The summed E-state index contributed by atoms with van der Waals surface area (Å²) in [7, 11) is 7.36. The number of hydrogen-bond donors (Lipinski definition) is 0. The zero-order chi connectivity index (χ0) is 3.58. The molecule has 0 spiro atoms. The Morgan fingerprint density at radius 2 is 1.33 bits per heavy atom. The predicted molar refractivity (Wildman–Crippen MR) is 32.3 cm³/mol. The third-order valence-corrected chi connectivity index (χ3v) is 0. The Kier molecular flexibility index (Phi) is 25.0. The van der Waals surface area contributed by atoms with Gasteiger partial charge in [-0.3, -0.25) is 0 Å². The van der Waals surface area contributed by atoms with Gasteiger partial charge in [0, 0.05) is 40.2 Å². The molecule has 6 heavy (non-hydrogen) atoms. The third-order valence-electron chi connectivity index (χ3n) is 0. The van der Waals surface area contributed by atoms with Crippen molar-refractivity contribution in [1.29, 1.82) is 0 Å². The maximum absolute atomic E-state index is 9.09. The second-order valence-electron chi connectivity index (χ2n) is 0.184. The minimum atomic E-state index is -1.67. The Hall–Kier alpha value is 1.33. The van der Waals surface area contributed by atoms with E-state index in [2.05, 4.69) is 21.4 Å². The maximum Gasteiger partial charge on any atom is 0.211 e. The van der Waals surface area contributed by atoms with Gasteiger partial charge in [-0.15, -0.1) is 0 Å². The minimum absolute atomic E-state index is 0. The Morgan fingerprint density at radius 1 is 1.33 bits per heavy atom. The van der Waals surface area contributed by atoms with E-state index in [9.17, 15) is 0 Å². The van der Waals surface area contributed by atoms with Crippen LogP contribution < -0.4 is 0 Å². The molecular formula is CH4Cl2LiOS. The van der Waals surface area contributed by atoms with Crippen LogP contribution in [0.25, 0.3) is 0 Å². The van der Waals surface area contributed by atoms with Gasteiger partial charge in [-0.05, 0) is 0 Å². The first kappa shape index (κ1) is 15.7. The van der Waals surface area contributed by atoms with Gasteiger partial charge in [-0.2, -0.15) is 0 Å².